The Morgan fingerprint density at radius 1 is 0.467 bits per heavy atom. The molecular weight excluding hydrogens is 945 g/mol. The number of aromatic nitrogens is 4. The summed E-state index contributed by atoms with van der Waals surface area (Å²) < 4.78 is 13.6. The standard InChI is InChI=1S/C68H60N4OSi2/c1-68(2,3)50-40-41-69-66(44-50)72-62-35-15-14-32-60(62)61-39-38-53(46-65(61)72)73-52-25-20-24-51(45-52)70-47-71(64-37-17-16-36-63(64)70)67-58(48-22-18-30-56(42-48)74(4,5)54-26-10-8-11-27-54)33-21-34-59(67)49-23-19-31-57(43-49)75(6,7)55-28-12-9-13-29-55/h8-46H,1-7H3. The molecule has 3 aromatic heterocycles. The van der Waals surface area contributed by atoms with E-state index >= 15 is 0 Å². The van der Waals surface area contributed by atoms with Gasteiger partial charge in [-0.25, -0.2) is 4.98 Å². The van der Waals surface area contributed by atoms with Gasteiger partial charge in [0.2, 0.25) is 0 Å². The van der Waals surface area contributed by atoms with Crippen molar-refractivity contribution in [2.24, 2.45) is 0 Å². The van der Waals surface area contributed by atoms with Crippen LogP contribution in [0.1, 0.15) is 26.3 Å². The molecule has 0 aliphatic rings. The number of rotatable bonds is 11. The second kappa shape index (κ2) is 18.8. The first kappa shape index (κ1) is 47.6. The minimum Gasteiger partial charge on any atom is -0.458 e. The molecule has 0 aliphatic carbocycles. The summed E-state index contributed by atoms with van der Waals surface area (Å²) in [7, 11) is -4.10. The van der Waals surface area contributed by atoms with Gasteiger partial charge < -0.3 is 4.74 Å². The van der Waals surface area contributed by atoms with Crippen molar-refractivity contribution < 1.29 is 9.30 Å². The number of benzene rings is 9. The number of hydrogen-bond acceptors (Lipinski definition) is 2. The molecule has 0 aliphatic heterocycles. The summed E-state index contributed by atoms with van der Waals surface area (Å²) in [5, 5.41) is 7.93. The number of nitrogens with zero attached hydrogens (tertiary/aromatic N) is 4. The van der Waals surface area contributed by atoms with E-state index in [1.165, 1.54) is 42.8 Å². The maximum absolute atomic E-state index is 6.85. The molecule has 7 heteroatoms. The van der Waals surface area contributed by atoms with Crippen LogP contribution in [-0.4, -0.2) is 30.3 Å². The SMILES string of the molecule is CC(C)(C)c1ccnc(-n2c3ccccc3c3ccc(Oc4cccc(-n5[c-][n+](-c6c(-c7cccc([Si](C)(C)c8ccccc8)c7)cccc6-c6cccc([Si](C)(C)c7ccccc7)c6)c6ccccc65)c4)cc32)c1. The van der Waals surface area contributed by atoms with Crippen LogP contribution in [-0.2, 0) is 5.41 Å². The van der Waals surface area contributed by atoms with Gasteiger partial charge in [0.15, 0.2) is 0 Å². The lowest BCUT2D eigenvalue weighted by Crippen LogP contribution is -2.52. The van der Waals surface area contributed by atoms with E-state index in [2.05, 4.69) is 291 Å². The van der Waals surface area contributed by atoms with Crippen molar-refractivity contribution in [3.8, 4) is 50.9 Å². The Morgan fingerprint density at radius 2 is 1.01 bits per heavy atom. The van der Waals surface area contributed by atoms with Crippen molar-refractivity contribution in [3.05, 3.63) is 249 Å². The normalized spacial score (nSPS) is 12.2. The number of para-hydroxylation sites is 4. The average molecular weight is 1010 g/mol. The van der Waals surface area contributed by atoms with E-state index in [4.69, 9.17) is 9.72 Å². The van der Waals surface area contributed by atoms with Crippen LogP contribution in [0.4, 0.5) is 0 Å². The number of pyridine rings is 1. The highest BCUT2D eigenvalue weighted by molar-refractivity contribution is 7.01. The molecule has 0 unspecified atom stereocenters. The molecular formula is C68H60N4OSi2. The highest BCUT2D eigenvalue weighted by Gasteiger charge is 2.29. The number of ether oxygens (including phenoxy) is 1. The first-order chi connectivity index (χ1) is 36.3. The minimum absolute atomic E-state index is 0.0240. The predicted molar refractivity (Wildman–Crippen MR) is 318 cm³/mol. The zero-order chi connectivity index (χ0) is 51.5. The van der Waals surface area contributed by atoms with Gasteiger partial charge in [-0.15, -0.1) is 0 Å². The summed E-state index contributed by atoms with van der Waals surface area (Å²) in [6, 6.07) is 83.8. The van der Waals surface area contributed by atoms with Gasteiger partial charge in [0.05, 0.1) is 33.4 Å². The van der Waals surface area contributed by atoms with E-state index < -0.39 is 16.1 Å². The van der Waals surface area contributed by atoms with Crippen LogP contribution in [0.5, 0.6) is 11.5 Å². The Labute approximate surface area is 442 Å². The van der Waals surface area contributed by atoms with Crippen molar-refractivity contribution in [2.45, 2.75) is 52.4 Å². The van der Waals surface area contributed by atoms with E-state index in [0.29, 0.717) is 0 Å². The van der Waals surface area contributed by atoms with Crippen molar-refractivity contribution in [2.75, 3.05) is 0 Å². The lowest BCUT2D eigenvalue weighted by Gasteiger charge is -2.26. The van der Waals surface area contributed by atoms with Gasteiger partial charge in [-0.3, -0.25) is 13.7 Å². The van der Waals surface area contributed by atoms with Gasteiger partial charge in [0.1, 0.15) is 33.5 Å². The number of fused-ring (bicyclic) bond motifs is 4. The summed E-state index contributed by atoms with van der Waals surface area (Å²) in [4.78, 5) is 4.91. The summed E-state index contributed by atoms with van der Waals surface area (Å²) in [5.41, 5.74) is 12.1. The van der Waals surface area contributed by atoms with Crippen LogP contribution in [0, 0.1) is 6.33 Å². The minimum atomic E-state index is -2.05. The van der Waals surface area contributed by atoms with Crippen molar-refractivity contribution in [3.63, 3.8) is 0 Å². The van der Waals surface area contributed by atoms with E-state index in [0.717, 1.165) is 67.3 Å². The Balaban J connectivity index is 0.992. The van der Waals surface area contributed by atoms with Gasteiger partial charge in [-0.2, -0.15) is 0 Å². The first-order valence-corrected chi connectivity index (χ1v) is 32.0. The first-order valence-electron chi connectivity index (χ1n) is 26.0. The molecule has 9 aromatic carbocycles. The molecule has 75 heavy (non-hydrogen) atoms. The number of imidazole rings is 1. The quantitative estimate of drug-likeness (QED) is 0.0735. The van der Waals surface area contributed by atoms with Crippen molar-refractivity contribution in [1.82, 2.24) is 14.1 Å². The monoisotopic (exact) mass is 1000 g/mol. The molecule has 5 nitrogen and oxygen atoms in total. The molecule has 0 atom stereocenters. The smallest absolute Gasteiger partial charge is 0.269 e. The highest BCUT2D eigenvalue weighted by atomic mass is 28.3. The maximum atomic E-state index is 6.85. The summed E-state index contributed by atoms with van der Waals surface area (Å²) >= 11 is 0. The zero-order valence-electron chi connectivity index (χ0n) is 43.7. The topological polar surface area (TPSA) is 35.9 Å². The molecule has 0 bridgehead atoms. The van der Waals surface area contributed by atoms with Gasteiger partial charge in [0.25, 0.3) is 6.33 Å². The van der Waals surface area contributed by atoms with Gasteiger partial charge in [-0.05, 0) is 81.8 Å². The molecule has 0 saturated carbocycles. The Bertz CT molecular complexity index is 3980. The molecule has 3 heterocycles. The van der Waals surface area contributed by atoms with E-state index in [1.54, 1.807) is 0 Å². The van der Waals surface area contributed by atoms with Gasteiger partial charge in [-0.1, -0.05) is 244 Å². The summed E-state index contributed by atoms with van der Waals surface area (Å²) in [6.07, 6.45) is 5.86. The third-order valence-corrected chi connectivity index (χ3v) is 22.5. The molecule has 0 fully saturated rings. The van der Waals surface area contributed by atoms with Crippen molar-refractivity contribution >= 4 is 69.7 Å². The lowest BCUT2D eigenvalue weighted by atomic mass is 9.88. The molecule has 0 spiro atoms. The summed E-state index contributed by atoms with van der Waals surface area (Å²) in [6.45, 7) is 16.6. The van der Waals surface area contributed by atoms with Crippen LogP contribution in [0.3, 0.4) is 0 Å². The average Bonchev–Trinajstić information content (AvgIpc) is 3.99. The second-order valence-electron chi connectivity index (χ2n) is 21.9. The van der Waals surface area contributed by atoms with Crippen LogP contribution in [0.2, 0.25) is 26.2 Å². The van der Waals surface area contributed by atoms with Crippen LogP contribution < -0.4 is 30.1 Å². The van der Waals surface area contributed by atoms with Crippen LogP contribution in [0.25, 0.3) is 72.3 Å². The van der Waals surface area contributed by atoms with Crippen molar-refractivity contribution in [1.29, 1.82) is 0 Å². The van der Waals surface area contributed by atoms with E-state index in [9.17, 15) is 0 Å². The summed E-state index contributed by atoms with van der Waals surface area (Å²) in [5.74, 6) is 2.36. The molecule has 0 radical (unpaired) electrons. The van der Waals surface area contributed by atoms with Gasteiger partial charge in [0, 0.05) is 23.0 Å². The van der Waals surface area contributed by atoms with E-state index in [-0.39, 0.29) is 5.41 Å². The molecule has 0 saturated heterocycles. The van der Waals surface area contributed by atoms with Crippen LogP contribution >= 0.6 is 0 Å². The molecule has 366 valence electrons. The fourth-order valence-corrected chi connectivity index (χ4v) is 15.7. The van der Waals surface area contributed by atoms with E-state index in [1.807, 2.05) is 12.3 Å². The van der Waals surface area contributed by atoms with Crippen LogP contribution in [0.15, 0.2) is 237 Å². The third-order valence-electron chi connectivity index (χ3n) is 15.4. The highest BCUT2D eigenvalue weighted by Crippen LogP contribution is 2.38. The maximum Gasteiger partial charge on any atom is 0.269 e. The lowest BCUT2D eigenvalue weighted by molar-refractivity contribution is -0.571. The largest absolute Gasteiger partial charge is 0.458 e. The molecule has 12 aromatic rings. The second-order valence-corrected chi connectivity index (χ2v) is 30.7. The number of hydrogen-bond donors (Lipinski definition) is 0. The molecule has 12 rings (SSSR count). The Morgan fingerprint density at radius 3 is 1.67 bits per heavy atom. The zero-order valence-corrected chi connectivity index (χ0v) is 45.7. The van der Waals surface area contributed by atoms with Gasteiger partial charge >= 0.3 is 0 Å². The predicted octanol–water partition coefficient (Wildman–Crippen LogP) is 14.3. The Hall–Kier alpha value is -8.37. The molecule has 0 amide bonds. The third kappa shape index (κ3) is 8.71. The fraction of sp³-hybridized carbons (Fsp3) is 0.118. The molecule has 0 N–H and O–H groups in total. The Kier molecular flexibility index (Phi) is 12.0. The fourth-order valence-electron chi connectivity index (χ4n) is 11.0.